The summed E-state index contributed by atoms with van der Waals surface area (Å²) >= 11 is 2.25. The highest BCUT2D eigenvalue weighted by Gasteiger charge is 2.38. The standard InChI is InChI=1S/C18H14F2IN3O/c1-10-2-4-12-16(15(10)21)22-9-23-17(12)24-11-3-5-14-13(8-11)18(19,20)6-7-25-14/h2-5,8-9H,6-7H2,1H3,(H,22,23,24). The van der Waals surface area contributed by atoms with Crippen LogP contribution in [0.25, 0.3) is 10.9 Å². The molecule has 0 bridgehead atoms. The smallest absolute Gasteiger partial charge is 0.280 e. The van der Waals surface area contributed by atoms with Gasteiger partial charge in [-0.25, -0.2) is 18.7 Å². The minimum absolute atomic E-state index is 0.0289. The number of aryl methyl sites for hydroxylation is 1. The number of fused-ring (bicyclic) bond motifs is 2. The fourth-order valence-corrected chi connectivity index (χ4v) is 3.49. The van der Waals surface area contributed by atoms with Gasteiger partial charge in [-0.2, -0.15) is 0 Å². The van der Waals surface area contributed by atoms with E-state index in [1.807, 2.05) is 19.1 Å². The molecule has 0 saturated heterocycles. The van der Waals surface area contributed by atoms with Crippen molar-refractivity contribution in [2.24, 2.45) is 0 Å². The molecule has 1 aliphatic heterocycles. The first-order valence-electron chi connectivity index (χ1n) is 7.78. The maximum absolute atomic E-state index is 14.1. The number of hydrogen-bond donors (Lipinski definition) is 1. The van der Waals surface area contributed by atoms with Crippen LogP contribution in [-0.2, 0) is 5.92 Å². The van der Waals surface area contributed by atoms with Crippen LogP contribution in [0.2, 0.25) is 0 Å². The zero-order valence-corrected chi connectivity index (χ0v) is 15.5. The summed E-state index contributed by atoms with van der Waals surface area (Å²) in [6, 6.07) is 8.65. The first kappa shape index (κ1) is 16.4. The van der Waals surface area contributed by atoms with Gasteiger partial charge in [0.2, 0.25) is 0 Å². The zero-order valence-electron chi connectivity index (χ0n) is 13.3. The van der Waals surface area contributed by atoms with Gasteiger partial charge in [-0.3, -0.25) is 0 Å². The van der Waals surface area contributed by atoms with Crippen molar-refractivity contribution in [3.05, 3.63) is 51.4 Å². The van der Waals surface area contributed by atoms with E-state index in [4.69, 9.17) is 4.74 Å². The van der Waals surface area contributed by atoms with Crippen molar-refractivity contribution in [2.45, 2.75) is 19.3 Å². The SMILES string of the molecule is Cc1ccc2c(Nc3ccc4c(c3)C(F)(F)CCO4)ncnc2c1I. The van der Waals surface area contributed by atoms with E-state index in [0.29, 0.717) is 11.5 Å². The number of ether oxygens (including phenoxy) is 1. The Morgan fingerprint density at radius 2 is 2.04 bits per heavy atom. The second-order valence-electron chi connectivity index (χ2n) is 5.95. The number of aromatic nitrogens is 2. The first-order valence-corrected chi connectivity index (χ1v) is 8.85. The van der Waals surface area contributed by atoms with Gasteiger partial charge >= 0.3 is 0 Å². The van der Waals surface area contributed by atoms with Crippen LogP contribution in [0.3, 0.4) is 0 Å². The largest absolute Gasteiger partial charge is 0.493 e. The second kappa shape index (κ2) is 6.05. The van der Waals surface area contributed by atoms with Crippen LogP contribution in [0.5, 0.6) is 5.75 Å². The average molecular weight is 453 g/mol. The van der Waals surface area contributed by atoms with E-state index in [-0.39, 0.29) is 24.3 Å². The number of nitrogens with zero attached hydrogens (tertiary/aromatic N) is 2. The molecule has 0 saturated carbocycles. The molecule has 25 heavy (non-hydrogen) atoms. The summed E-state index contributed by atoms with van der Waals surface area (Å²) in [7, 11) is 0. The van der Waals surface area contributed by atoms with E-state index in [0.717, 1.165) is 20.0 Å². The van der Waals surface area contributed by atoms with Crippen molar-refractivity contribution in [1.82, 2.24) is 9.97 Å². The van der Waals surface area contributed by atoms with Crippen molar-refractivity contribution in [2.75, 3.05) is 11.9 Å². The molecule has 2 heterocycles. The van der Waals surface area contributed by atoms with Crippen molar-refractivity contribution >= 4 is 45.0 Å². The Morgan fingerprint density at radius 1 is 1.20 bits per heavy atom. The Balaban J connectivity index is 1.77. The number of benzene rings is 2. The molecule has 4 nitrogen and oxygen atoms in total. The molecule has 2 aromatic carbocycles. The summed E-state index contributed by atoms with van der Waals surface area (Å²) in [5, 5.41) is 3.98. The number of rotatable bonds is 2. The molecule has 1 aromatic heterocycles. The second-order valence-corrected chi connectivity index (χ2v) is 7.03. The van der Waals surface area contributed by atoms with Gasteiger partial charge < -0.3 is 10.1 Å². The Kier molecular flexibility index (Phi) is 3.98. The summed E-state index contributed by atoms with van der Waals surface area (Å²) in [6.45, 7) is 2.04. The molecule has 0 spiro atoms. The third-order valence-electron chi connectivity index (χ3n) is 4.25. The molecule has 1 aliphatic rings. The highest BCUT2D eigenvalue weighted by atomic mass is 127. The quantitative estimate of drug-likeness (QED) is 0.545. The number of halogens is 3. The van der Waals surface area contributed by atoms with Crippen LogP contribution in [0.1, 0.15) is 17.5 Å². The number of hydrogen-bond acceptors (Lipinski definition) is 4. The molecule has 0 radical (unpaired) electrons. The molecular weight excluding hydrogens is 439 g/mol. The lowest BCUT2D eigenvalue weighted by atomic mass is 10.0. The lowest BCUT2D eigenvalue weighted by molar-refractivity contribution is -0.0404. The minimum Gasteiger partial charge on any atom is -0.493 e. The third kappa shape index (κ3) is 2.90. The zero-order chi connectivity index (χ0) is 17.6. The van der Waals surface area contributed by atoms with Crippen LogP contribution >= 0.6 is 22.6 Å². The van der Waals surface area contributed by atoms with Gasteiger partial charge in [0.25, 0.3) is 5.92 Å². The summed E-state index contributed by atoms with van der Waals surface area (Å²) in [5.41, 5.74) is 2.42. The van der Waals surface area contributed by atoms with Gasteiger partial charge in [0.05, 0.1) is 24.1 Å². The normalized spacial score (nSPS) is 15.5. The number of anilines is 2. The molecule has 0 fully saturated rings. The topological polar surface area (TPSA) is 47.0 Å². The average Bonchev–Trinajstić information content (AvgIpc) is 2.59. The fourth-order valence-electron chi connectivity index (χ4n) is 2.88. The van der Waals surface area contributed by atoms with Crippen LogP contribution in [0, 0.1) is 10.5 Å². The van der Waals surface area contributed by atoms with Crippen molar-refractivity contribution < 1.29 is 13.5 Å². The molecular formula is C18H14F2IN3O. The Bertz CT molecular complexity index is 978. The molecule has 0 unspecified atom stereocenters. The van der Waals surface area contributed by atoms with Crippen LogP contribution in [-0.4, -0.2) is 16.6 Å². The predicted molar refractivity (Wildman–Crippen MR) is 101 cm³/mol. The lowest BCUT2D eigenvalue weighted by Gasteiger charge is -2.26. The minimum atomic E-state index is -2.88. The molecule has 7 heteroatoms. The molecule has 128 valence electrons. The molecule has 4 rings (SSSR count). The molecule has 3 aromatic rings. The van der Waals surface area contributed by atoms with E-state index in [2.05, 4.69) is 37.9 Å². The maximum Gasteiger partial charge on any atom is 0.280 e. The molecule has 0 aliphatic carbocycles. The van der Waals surface area contributed by atoms with E-state index in [9.17, 15) is 8.78 Å². The molecule has 0 atom stereocenters. The van der Waals surface area contributed by atoms with E-state index in [1.165, 1.54) is 12.4 Å². The number of alkyl halides is 2. The summed E-state index contributed by atoms with van der Waals surface area (Å²) in [5.74, 6) is -2.06. The Labute approximate surface area is 156 Å². The molecule has 1 N–H and O–H groups in total. The van der Waals surface area contributed by atoms with E-state index >= 15 is 0 Å². The summed E-state index contributed by atoms with van der Waals surface area (Å²) < 4.78 is 34.6. The van der Waals surface area contributed by atoms with Crippen LogP contribution in [0.4, 0.5) is 20.3 Å². The van der Waals surface area contributed by atoms with E-state index in [1.54, 1.807) is 12.1 Å². The fraction of sp³-hybridized carbons (Fsp3) is 0.222. The van der Waals surface area contributed by atoms with Crippen LogP contribution in [0.15, 0.2) is 36.7 Å². The summed E-state index contributed by atoms with van der Waals surface area (Å²) in [6.07, 6.45) is 1.17. The van der Waals surface area contributed by atoms with E-state index < -0.39 is 5.92 Å². The van der Waals surface area contributed by atoms with Crippen molar-refractivity contribution in [3.8, 4) is 5.75 Å². The first-order chi connectivity index (χ1) is 12.0. The highest BCUT2D eigenvalue weighted by molar-refractivity contribution is 14.1. The van der Waals surface area contributed by atoms with Gasteiger partial charge in [-0.05, 0) is 59.3 Å². The van der Waals surface area contributed by atoms with Crippen molar-refractivity contribution in [1.29, 1.82) is 0 Å². The maximum atomic E-state index is 14.1. The predicted octanol–water partition coefficient (Wildman–Crippen LogP) is 5.16. The van der Waals surface area contributed by atoms with Gasteiger partial charge in [-0.15, -0.1) is 0 Å². The molecule has 0 amide bonds. The van der Waals surface area contributed by atoms with Gasteiger partial charge in [0, 0.05) is 14.6 Å². The number of nitrogens with one attached hydrogen (secondary N) is 1. The Hall–Kier alpha value is -2.03. The van der Waals surface area contributed by atoms with Gasteiger partial charge in [0.1, 0.15) is 17.9 Å². The van der Waals surface area contributed by atoms with Crippen molar-refractivity contribution in [3.63, 3.8) is 0 Å². The van der Waals surface area contributed by atoms with Gasteiger partial charge in [0.15, 0.2) is 0 Å². The monoisotopic (exact) mass is 453 g/mol. The van der Waals surface area contributed by atoms with Gasteiger partial charge in [-0.1, -0.05) is 6.07 Å². The summed E-state index contributed by atoms with van der Waals surface area (Å²) in [4.78, 5) is 8.62. The van der Waals surface area contributed by atoms with Crippen LogP contribution < -0.4 is 10.1 Å². The third-order valence-corrected chi connectivity index (χ3v) is 5.61. The Morgan fingerprint density at radius 3 is 2.88 bits per heavy atom. The highest BCUT2D eigenvalue weighted by Crippen LogP contribution is 2.42. The lowest BCUT2D eigenvalue weighted by Crippen LogP contribution is -2.24.